The van der Waals surface area contributed by atoms with E-state index in [0.717, 1.165) is 6.42 Å². The number of carbonyl (C=O) groups is 4. The minimum absolute atomic E-state index is 0.0214. The molecule has 31 heavy (non-hydrogen) atoms. The number of hydrogen-bond acceptors (Lipinski definition) is 5. The quantitative estimate of drug-likeness (QED) is 0.670. The first-order chi connectivity index (χ1) is 14.8. The highest BCUT2D eigenvalue weighted by Crippen LogP contribution is 2.38. The van der Waals surface area contributed by atoms with Gasteiger partial charge in [-0.2, -0.15) is 0 Å². The highest BCUT2D eigenvalue weighted by molar-refractivity contribution is 5.99. The van der Waals surface area contributed by atoms with Crippen molar-refractivity contribution >= 4 is 29.4 Å². The molecule has 8 heteroatoms. The van der Waals surface area contributed by atoms with Crippen LogP contribution in [0.4, 0.5) is 5.69 Å². The summed E-state index contributed by atoms with van der Waals surface area (Å²) in [7, 11) is 1.59. The van der Waals surface area contributed by atoms with Gasteiger partial charge in [-0.1, -0.05) is 13.0 Å². The van der Waals surface area contributed by atoms with Crippen LogP contribution in [0, 0.1) is 17.8 Å². The molecule has 1 aliphatic heterocycles. The highest BCUT2D eigenvalue weighted by Gasteiger charge is 2.39. The molecule has 1 aromatic carbocycles. The summed E-state index contributed by atoms with van der Waals surface area (Å²) in [5.41, 5.74) is 0.994. The zero-order valence-corrected chi connectivity index (χ0v) is 18.4. The van der Waals surface area contributed by atoms with Crippen LogP contribution in [0.25, 0.3) is 0 Å². The van der Waals surface area contributed by atoms with Crippen molar-refractivity contribution in [3.8, 4) is 0 Å². The molecule has 2 fully saturated rings. The molecule has 1 aliphatic carbocycles. The summed E-state index contributed by atoms with van der Waals surface area (Å²) in [4.78, 5) is 52.5. The van der Waals surface area contributed by atoms with Crippen LogP contribution in [0.5, 0.6) is 0 Å². The number of benzene rings is 1. The van der Waals surface area contributed by atoms with E-state index in [9.17, 15) is 19.2 Å². The number of nitrogens with one attached hydrogen (secondary N) is 1. The van der Waals surface area contributed by atoms with Crippen LogP contribution in [0.1, 0.15) is 43.5 Å². The molecule has 3 rings (SSSR count). The lowest BCUT2D eigenvalue weighted by Crippen LogP contribution is -2.45. The Labute approximate surface area is 182 Å². The molecule has 1 heterocycles. The Hall–Kier alpha value is -2.90. The first kappa shape index (κ1) is 22.8. The van der Waals surface area contributed by atoms with E-state index in [1.165, 1.54) is 4.90 Å². The minimum Gasteiger partial charge on any atom is -0.466 e. The number of anilines is 1. The van der Waals surface area contributed by atoms with E-state index in [1.54, 1.807) is 43.1 Å². The van der Waals surface area contributed by atoms with Crippen LogP contribution in [0.15, 0.2) is 24.3 Å². The first-order valence-electron chi connectivity index (χ1n) is 10.9. The molecule has 0 aromatic heterocycles. The van der Waals surface area contributed by atoms with Gasteiger partial charge in [0.15, 0.2) is 0 Å². The number of nitrogens with zero attached hydrogens (tertiary/aromatic N) is 2. The van der Waals surface area contributed by atoms with Crippen molar-refractivity contribution in [3.05, 3.63) is 29.8 Å². The van der Waals surface area contributed by atoms with Gasteiger partial charge in [0, 0.05) is 37.3 Å². The standard InChI is InChI=1S/C23H31N3O5/c1-4-31-23(30)16-8-10-26(11-9-16)20(27)14-25(3)22(29)17-6-5-7-18(13-17)24-21(28)19-12-15(19)2/h5-7,13,15-16,19H,4,8-12,14H2,1-3H3,(H,24,28). The van der Waals surface area contributed by atoms with Gasteiger partial charge in [-0.25, -0.2) is 0 Å². The van der Waals surface area contributed by atoms with Crippen LogP contribution in [0.2, 0.25) is 0 Å². The number of piperidine rings is 1. The van der Waals surface area contributed by atoms with E-state index in [0.29, 0.717) is 49.7 Å². The second kappa shape index (κ2) is 9.94. The summed E-state index contributed by atoms with van der Waals surface area (Å²) < 4.78 is 5.06. The van der Waals surface area contributed by atoms with E-state index in [-0.39, 0.29) is 42.1 Å². The number of rotatable bonds is 7. The summed E-state index contributed by atoms with van der Waals surface area (Å²) in [6.45, 7) is 5.08. The first-order valence-corrected chi connectivity index (χ1v) is 10.9. The number of esters is 1. The summed E-state index contributed by atoms with van der Waals surface area (Å²) >= 11 is 0. The smallest absolute Gasteiger partial charge is 0.309 e. The molecular weight excluding hydrogens is 398 g/mol. The Morgan fingerprint density at radius 1 is 1.19 bits per heavy atom. The van der Waals surface area contributed by atoms with Crippen molar-refractivity contribution in [1.82, 2.24) is 9.80 Å². The lowest BCUT2D eigenvalue weighted by atomic mass is 9.97. The number of likely N-dealkylation sites (tertiary alicyclic amines) is 1. The zero-order valence-electron chi connectivity index (χ0n) is 18.4. The average molecular weight is 430 g/mol. The van der Waals surface area contributed by atoms with Gasteiger partial charge in [0.05, 0.1) is 19.1 Å². The fourth-order valence-corrected chi connectivity index (χ4v) is 3.87. The molecule has 0 radical (unpaired) electrons. The number of likely N-dealkylation sites (N-methyl/N-ethyl adjacent to an activating group) is 1. The molecule has 168 valence electrons. The van der Waals surface area contributed by atoms with Crippen molar-refractivity contribution in [1.29, 1.82) is 0 Å². The summed E-state index contributed by atoms with van der Waals surface area (Å²) in [6, 6.07) is 6.78. The highest BCUT2D eigenvalue weighted by atomic mass is 16.5. The van der Waals surface area contributed by atoms with Gasteiger partial charge in [0.2, 0.25) is 11.8 Å². The normalized spacial score (nSPS) is 20.7. The van der Waals surface area contributed by atoms with Crippen LogP contribution >= 0.6 is 0 Å². The second-order valence-corrected chi connectivity index (χ2v) is 8.46. The Balaban J connectivity index is 1.51. The fraction of sp³-hybridized carbons (Fsp3) is 0.565. The van der Waals surface area contributed by atoms with E-state index in [4.69, 9.17) is 4.74 Å². The second-order valence-electron chi connectivity index (χ2n) is 8.46. The molecule has 2 unspecified atom stereocenters. The predicted molar refractivity (Wildman–Crippen MR) is 115 cm³/mol. The Kier molecular flexibility index (Phi) is 7.30. The monoisotopic (exact) mass is 429 g/mol. The van der Waals surface area contributed by atoms with Gasteiger partial charge in [-0.05, 0) is 50.3 Å². The molecule has 3 amide bonds. The van der Waals surface area contributed by atoms with E-state index >= 15 is 0 Å². The maximum absolute atomic E-state index is 12.8. The van der Waals surface area contributed by atoms with Crippen LogP contribution in [-0.2, 0) is 19.1 Å². The third-order valence-corrected chi connectivity index (χ3v) is 6.01. The molecule has 2 atom stereocenters. The summed E-state index contributed by atoms with van der Waals surface area (Å²) in [5, 5.41) is 2.86. The third-order valence-electron chi connectivity index (χ3n) is 6.01. The molecule has 1 saturated carbocycles. The largest absolute Gasteiger partial charge is 0.466 e. The Morgan fingerprint density at radius 2 is 1.87 bits per heavy atom. The summed E-state index contributed by atoms with van der Waals surface area (Å²) in [5.74, 6) is -0.371. The molecular formula is C23H31N3O5. The van der Waals surface area contributed by atoms with Gasteiger partial charge >= 0.3 is 5.97 Å². The van der Waals surface area contributed by atoms with Gasteiger partial charge in [-0.15, -0.1) is 0 Å². The lowest BCUT2D eigenvalue weighted by molar-refractivity contribution is -0.151. The molecule has 0 spiro atoms. The zero-order chi connectivity index (χ0) is 22.5. The van der Waals surface area contributed by atoms with Crippen molar-refractivity contribution in [2.45, 2.75) is 33.1 Å². The Morgan fingerprint density at radius 3 is 2.48 bits per heavy atom. The van der Waals surface area contributed by atoms with Crippen molar-refractivity contribution in [2.24, 2.45) is 17.8 Å². The van der Waals surface area contributed by atoms with Crippen molar-refractivity contribution in [2.75, 3.05) is 38.6 Å². The molecule has 0 bridgehead atoms. The third kappa shape index (κ3) is 5.83. The number of amides is 3. The van der Waals surface area contributed by atoms with Crippen LogP contribution in [-0.4, -0.2) is 66.8 Å². The SMILES string of the molecule is CCOC(=O)C1CCN(C(=O)CN(C)C(=O)c2cccc(NC(=O)C3CC3C)c2)CC1. The fourth-order valence-electron chi connectivity index (χ4n) is 3.87. The number of carbonyl (C=O) groups excluding carboxylic acids is 4. The topological polar surface area (TPSA) is 96.0 Å². The van der Waals surface area contributed by atoms with E-state index in [2.05, 4.69) is 5.32 Å². The van der Waals surface area contributed by atoms with Crippen molar-refractivity contribution in [3.63, 3.8) is 0 Å². The molecule has 8 nitrogen and oxygen atoms in total. The maximum Gasteiger partial charge on any atom is 0.309 e. The average Bonchev–Trinajstić information content (AvgIpc) is 3.50. The molecule has 2 aliphatic rings. The van der Waals surface area contributed by atoms with Gasteiger partial charge in [0.1, 0.15) is 0 Å². The maximum atomic E-state index is 12.8. The van der Waals surface area contributed by atoms with Crippen LogP contribution in [0.3, 0.4) is 0 Å². The summed E-state index contributed by atoms with van der Waals surface area (Å²) in [6.07, 6.45) is 2.04. The molecule has 1 N–H and O–H groups in total. The minimum atomic E-state index is -0.286. The van der Waals surface area contributed by atoms with Crippen LogP contribution < -0.4 is 5.32 Å². The van der Waals surface area contributed by atoms with Gasteiger partial charge in [-0.3, -0.25) is 19.2 Å². The van der Waals surface area contributed by atoms with Gasteiger partial charge < -0.3 is 19.9 Å². The van der Waals surface area contributed by atoms with E-state index < -0.39 is 0 Å². The van der Waals surface area contributed by atoms with E-state index in [1.807, 2.05) is 6.92 Å². The molecule has 1 saturated heterocycles. The number of hydrogen-bond donors (Lipinski definition) is 1. The number of ether oxygens (including phenoxy) is 1. The van der Waals surface area contributed by atoms with Gasteiger partial charge in [0.25, 0.3) is 5.91 Å². The van der Waals surface area contributed by atoms with Crippen molar-refractivity contribution < 1.29 is 23.9 Å². The lowest BCUT2D eigenvalue weighted by Gasteiger charge is -2.32. The Bertz CT molecular complexity index is 847. The molecule has 1 aromatic rings. The predicted octanol–water partition coefficient (Wildman–Crippen LogP) is 2.15.